The summed E-state index contributed by atoms with van der Waals surface area (Å²) in [4.78, 5) is 0. The van der Waals surface area contributed by atoms with Gasteiger partial charge in [-0.1, -0.05) is 15.9 Å². The van der Waals surface area contributed by atoms with Crippen LogP contribution < -0.4 is 5.32 Å². The van der Waals surface area contributed by atoms with Gasteiger partial charge in [0, 0.05) is 25.1 Å². The molecule has 0 saturated carbocycles. The molecular weight excluding hydrogens is 194 g/mol. The first kappa shape index (κ1) is 10.4. The number of nitrogens with one attached hydrogen (secondary N) is 1. The third kappa shape index (κ3) is 6.52. The van der Waals surface area contributed by atoms with Crippen molar-refractivity contribution in [2.24, 2.45) is 0 Å². The predicted molar refractivity (Wildman–Crippen MR) is 47.8 cm³/mol. The van der Waals surface area contributed by atoms with Gasteiger partial charge in [-0.05, 0) is 19.9 Å². The molecule has 3 heteroatoms. The minimum Gasteiger partial charge on any atom is -0.385 e. The Morgan fingerprint density at radius 1 is 1.60 bits per heavy atom. The molecule has 0 aliphatic carbocycles. The molecule has 10 heavy (non-hydrogen) atoms. The lowest BCUT2D eigenvalue weighted by atomic mass is 10.3. The van der Waals surface area contributed by atoms with Gasteiger partial charge in [0.05, 0.1) is 0 Å². The maximum Gasteiger partial charge on any atom is 0.0474 e. The fourth-order valence-electron chi connectivity index (χ4n) is 0.620. The van der Waals surface area contributed by atoms with E-state index in [0.29, 0.717) is 6.04 Å². The van der Waals surface area contributed by atoms with Crippen LogP contribution in [0.1, 0.15) is 13.3 Å². The highest BCUT2D eigenvalue weighted by atomic mass is 79.9. The van der Waals surface area contributed by atoms with Crippen molar-refractivity contribution in [3.63, 3.8) is 0 Å². The van der Waals surface area contributed by atoms with Crippen LogP contribution in [0, 0.1) is 0 Å². The lowest BCUT2D eigenvalue weighted by molar-refractivity contribution is 0.193. The number of hydrogen-bond donors (Lipinski definition) is 1. The third-order valence-corrected chi connectivity index (χ3v) is 2.22. The van der Waals surface area contributed by atoms with Crippen LogP contribution in [0.2, 0.25) is 0 Å². The number of hydrogen-bond acceptors (Lipinski definition) is 2. The molecule has 0 aliphatic rings. The summed E-state index contributed by atoms with van der Waals surface area (Å²) in [6, 6.07) is 0.567. The Morgan fingerprint density at radius 3 is 2.80 bits per heavy atom. The largest absolute Gasteiger partial charge is 0.385 e. The molecule has 62 valence electrons. The van der Waals surface area contributed by atoms with E-state index in [1.807, 2.05) is 0 Å². The highest BCUT2D eigenvalue weighted by Crippen LogP contribution is 1.88. The molecule has 0 aliphatic heterocycles. The molecule has 0 saturated heterocycles. The van der Waals surface area contributed by atoms with Gasteiger partial charge >= 0.3 is 0 Å². The topological polar surface area (TPSA) is 21.3 Å². The highest BCUT2D eigenvalue weighted by Gasteiger charge is 1.95. The molecule has 1 unspecified atom stereocenters. The number of methoxy groups -OCH3 is 1. The van der Waals surface area contributed by atoms with Crippen LogP contribution in [0.15, 0.2) is 0 Å². The van der Waals surface area contributed by atoms with Crippen LogP contribution in [0.4, 0.5) is 0 Å². The second-order valence-electron chi connectivity index (χ2n) is 2.36. The van der Waals surface area contributed by atoms with Gasteiger partial charge in [0.15, 0.2) is 0 Å². The van der Waals surface area contributed by atoms with Crippen molar-refractivity contribution >= 4 is 15.9 Å². The van der Waals surface area contributed by atoms with Gasteiger partial charge in [-0.15, -0.1) is 0 Å². The summed E-state index contributed by atoms with van der Waals surface area (Å²) in [6.07, 6.45) is 1.09. The zero-order valence-corrected chi connectivity index (χ0v) is 8.28. The molecule has 0 amide bonds. The minimum absolute atomic E-state index is 0.567. The Hall–Kier alpha value is 0.400. The minimum atomic E-state index is 0.567. The molecule has 0 spiro atoms. The van der Waals surface area contributed by atoms with Crippen molar-refractivity contribution in [2.75, 3.05) is 25.6 Å². The first-order chi connectivity index (χ1) is 4.81. The molecular formula is C7H16BrNO. The van der Waals surface area contributed by atoms with E-state index in [4.69, 9.17) is 4.74 Å². The fourth-order valence-corrected chi connectivity index (χ4v) is 0.848. The highest BCUT2D eigenvalue weighted by molar-refractivity contribution is 9.09. The molecule has 0 bridgehead atoms. The van der Waals surface area contributed by atoms with Crippen molar-refractivity contribution in [1.29, 1.82) is 0 Å². The Morgan fingerprint density at radius 2 is 2.30 bits per heavy atom. The average Bonchev–Trinajstić information content (AvgIpc) is 1.98. The van der Waals surface area contributed by atoms with E-state index < -0.39 is 0 Å². The Balaban J connectivity index is 2.89. The first-order valence-corrected chi connectivity index (χ1v) is 4.71. The standard InChI is InChI=1S/C7H16BrNO/c1-7(6-8)9-4-3-5-10-2/h7,9H,3-6H2,1-2H3. The Kier molecular flexibility index (Phi) is 7.81. The third-order valence-electron chi connectivity index (χ3n) is 1.25. The van der Waals surface area contributed by atoms with E-state index in [9.17, 15) is 0 Å². The molecule has 0 aromatic carbocycles. The smallest absolute Gasteiger partial charge is 0.0474 e. The van der Waals surface area contributed by atoms with Crippen LogP contribution in [0.25, 0.3) is 0 Å². The molecule has 0 heterocycles. The van der Waals surface area contributed by atoms with Crippen molar-refractivity contribution in [3.8, 4) is 0 Å². The van der Waals surface area contributed by atoms with Crippen LogP contribution in [0.5, 0.6) is 0 Å². The second kappa shape index (κ2) is 7.51. The van der Waals surface area contributed by atoms with E-state index in [1.165, 1.54) is 0 Å². The SMILES string of the molecule is COCCCNC(C)CBr. The van der Waals surface area contributed by atoms with Crippen LogP contribution in [-0.4, -0.2) is 31.6 Å². The van der Waals surface area contributed by atoms with Crippen LogP contribution in [0.3, 0.4) is 0 Å². The Labute approximate surface area is 71.5 Å². The van der Waals surface area contributed by atoms with Crippen molar-refractivity contribution in [3.05, 3.63) is 0 Å². The van der Waals surface area contributed by atoms with Gasteiger partial charge in [-0.25, -0.2) is 0 Å². The van der Waals surface area contributed by atoms with E-state index in [-0.39, 0.29) is 0 Å². The van der Waals surface area contributed by atoms with E-state index >= 15 is 0 Å². The number of rotatable bonds is 6. The van der Waals surface area contributed by atoms with Gasteiger partial charge in [0.2, 0.25) is 0 Å². The molecule has 0 rings (SSSR count). The van der Waals surface area contributed by atoms with Gasteiger partial charge in [-0.2, -0.15) is 0 Å². The number of ether oxygens (including phenoxy) is 1. The lowest BCUT2D eigenvalue weighted by Crippen LogP contribution is -2.28. The normalized spacial score (nSPS) is 13.5. The van der Waals surface area contributed by atoms with Crippen molar-refractivity contribution < 1.29 is 4.74 Å². The molecule has 0 fully saturated rings. The summed E-state index contributed by atoms with van der Waals surface area (Å²) in [7, 11) is 1.73. The summed E-state index contributed by atoms with van der Waals surface area (Å²) < 4.78 is 4.91. The van der Waals surface area contributed by atoms with Gasteiger partial charge < -0.3 is 10.1 Å². The van der Waals surface area contributed by atoms with Crippen LogP contribution >= 0.6 is 15.9 Å². The fraction of sp³-hybridized carbons (Fsp3) is 1.00. The summed E-state index contributed by atoms with van der Waals surface area (Å²) in [6.45, 7) is 4.05. The van der Waals surface area contributed by atoms with E-state index in [2.05, 4.69) is 28.2 Å². The molecule has 0 aromatic rings. The monoisotopic (exact) mass is 209 g/mol. The van der Waals surface area contributed by atoms with Crippen molar-refractivity contribution in [1.82, 2.24) is 5.32 Å². The summed E-state index contributed by atoms with van der Waals surface area (Å²) >= 11 is 3.39. The zero-order chi connectivity index (χ0) is 7.82. The molecule has 0 radical (unpaired) electrons. The lowest BCUT2D eigenvalue weighted by Gasteiger charge is -2.08. The summed E-state index contributed by atoms with van der Waals surface area (Å²) in [5.41, 5.74) is 0. The van der Waals surface area contributed by atoms with Crippen LogP contribution in [-0.2, 0) is 4.74 Å². The number of halogens is 1. The molecule has 2 nitrogen and oxygen atoms in total. The quantitative estimate of drug-likeness (QED) is 0.528. The van der Waals surface area contributed by atoms with Crippen molar-refractivity contribution in [2.45, 2.75) is 19.4 Å². The number of alkyl halides is 1. The maximum absolute atomic E-state index is 4.91. The average molecular weight is 210 g/mol. The Bertz CT molecular complexity index is 70.6. The summed E-state index contributed by atoms with van der Waals surface area (Å²) in [5, 5.41) is 4.35. The predicted octanol–water partition coefficient (Wildman–Crippen LogP) is 1.40. The molecule has 1 N–H and O–H groups in total. The maximum atomic E-state index is 4.91. The summed E-state index contributed by atoms with van der Waals surface area (Å²) in [5.74, 6) is 0. The van der Waals surface area contributed by atoms with Gasteiger partial charge in [0.25, 0.3) is 0 Å². The zero-order valence-electron chi connectivity index (χ0n) is 6.69. The van der Waals surface area contributed by atoms with Gasteiger partial charge in [0.1, 0.15) is 0 Å². The first-order valence-electron chi connectivity index (χ1n) is 3.59. The van der Waals surface area contributed by atoms with Gasteiger partial charge in [-0.3, -0.25) is 0 Å². The van der Waals surface area contributed by atoms with E-state index in [0.717, 1.165) is 24.9 Å². The molecule has 0 aromatic heterocycles. The molecule has 1 atom stereocenters. The van der Waals surface area contributed by atoms with E-state index in [1.54, 1.807) is 7.11 Å². The second-order valence-corrected chi connectivity index (χ2v) is 3.00.